The van der Waals surface area contributed by atoms with Crippen LogP contribution in [0.2, 0.25) is 0 Å². The molecule has 0 saturated heterocycles. The Kier molecular flexibility index (Phi) is 4.06. The number of pyridine rings is 1. The van der Waals surface area contributed by atoms with E-state index >= 15 is 0 Å². The topological polar surface area (TPSA) is 52.0 Å². The molecule has 1 fully saturated rings. The lowest BCUT2D eigenvalue weighted by molar-refractivity contribution is 0.172. The molecule has 1 aliphatic rings. The molecule has 1 saturated carbocycles. The predicted octanol–water partition coefficient (Wildman–Crippen LogP) is 2.55. The molecule has 4 nitrogen and oxygen atoms in total. The van der Waals surface area contributed by atoms with E-state index in [1.54, 1.807) is 0 Å². The van der Waals surface area contributed by atoms with Gasteiger partial charge in [0.2, 0.25) is 0 Å². The normalized spacial score (nSPS) is 17.4. The van der Waals surface area contributed by atoms with Gasteiger partial charge in [-0.15, -0.1) is 0 Å². The van der Waals surface area contributed by atoms with Crippen LogP contribution in [0.3, 0.4) is 0 Å². The van der Waals surface area contributed by atoms with Crippen molar-refractivity contribution >= 4 is 5.82 Å². The van der Waals surface area contributed by atoms with Gasteiger partial charge in [-0.3, -0.25) is 0 Å². The summed E-state index contributed by atoms with van der Waals surface area (Å²) in [6.07, 6.45) is 5.04. The third-order valence-corrected chi connectivity index (χ3v) is 4.16. The van der Waals surface area contributed by atoms with Crippen molar-refractivity contribution < 1.29 is 0 Å². The van der Waals surface area contributed by atoms with E-state index in [0.29, 0.717) is 5.56 Å². The molecule has 0 radical (unpaired) electrons. The number of hydrogen-bond donors (Lipinski definition) is 1. The Morgan fingerprint density at radius 2 is 2.05 bits per heavy atom. The van der Waals surface area contributed by atoms with Crippen molar-refractivity contribution in [2.24, 2.45) is 0 Å². The molecule has 1 N–H and O–H groups in total. The standard InChI is InChI=1S/C15H22N4/c1-12-8-13(10-16)9-14(18-12)17-11-15(19(2)3)6-4-5-7-15/h8-9H,4-7,11H2,1-3H3,(H,17,18). The molecule has 0 spiro atoms. The molecule has 1 heterocycles. The highest BCUT2D eigenvalue weighted by Crippen LogP contribution is 2.33. The zero-order valence-electron chi connectivity index (χ0n) is 12.0. The lowest BCUT2D eigenvalue weighted by atomic mass is 9.96. The molecule has 2 rings (SSSR count). The van der Waals surface area contributed by atoms with Gasteiger partial charge in [-0.25, -0.2) is 4.98 Å². The maximum atomic E-state index is 8.99. The third kappa shape index (κ3) is 3.05. The van der Waals surface area contributed by atoms with Crippen LogP contribution in [0.4, 0.5) is 5.82 Å². The van der Waals surface area contributed by atoms with Crippen molar-refractivity contribution in [1.29, 1.82) is 5.26 Å². The number of hydrogen-bond acceptors (Lipinski definition) is 4. The summed E-state index contributed by atoms with van der Waals surface area (Å²) < 4.78 is 0. The minimum absolute atomic E-state index is 0.234. The summed E-state index contributed by atoms with van der Waals surface area (Å²) in [5.41, 5.74) is 1.78. The van der Waals surface area contributed by atoms with Crippen molar-refractivity contribution in [3.63, 3.8) is 0 Å². The van der Waals surface area contributed by atoms with Crippen LogP contribution in [0.25, 0.3) is 0 Å². The Labute approximate surface area is 115 Å². The van der Waals surface area contributed by atoms with Crippen molar-refractivity contribution in [2.75, 3.05) is 26.0 Å². The van der Waals surface area contributed by atoms with Gasteiger partial charge in [-0.2, -0.15) is 5.26 Å². The molecule has 0 aliphatic heterocycles. The fourth-order valence-corrected chi connectivity index (χ4v) is 2.89. The van der Waals surface area contributed by atoms with E-state index in [1.807, 2.05) is 19.1 Å². The summed E-state index contributed by atoms with van der Waals surface area (Å²) >= 11 is 0. The Morgan fingerprint density at radius 3 is 2.63 bits per heavy atom. The number of aromatic nitrogens is 1. The summed E-state index contributed by atoms with van der Waals surface area (Å²) in [5, 5.41) is 12.4. The van der Waals surface area contributed by atoms with E-state index in [-0.39, 0.29) is 5.54 Å². The van der Waals surface area contributed by atoms with Crippen LogP contribution in [0, 0.1) is 18.3 Å². The van der Waals surface area contributed by atoms with Gasteiger partial charge in [0.1, 0.15) is 5.82 Å². The number of rotatable bonds is 4. The van der Waals surface area contributed by atoms with Crippen molar-refractivity contribution in [3.05, 3.63) is 23.4 Å². The summed E-state index contributed by atoms with van der Waals surface area (Å²) in [5.74, 6) is 0.810. The molecule has 0 unspecified atom stereocenters. The number of nitriles is 1. The summed E-state index contributed by atoms with van der Waals surface area (Å²) in [7, 11) is 4.30. The quantitative estimate of drug-likeness (QED) is 0.901. The van der Waals surface area contributed by atoms with Crippen LogP contribution in [-0.4, -0.2) is 36.1 Å². The monoisotopic (exact) mass is 258 g/mol. The van der Waals surface area contributed by atoms with Crippen LogP contribution in [0.1, 0.15) is 36.9 Å². The Balaban J connectivity index is 2.09. The number of nitrogens with one attached hydrogen (secondary N) is 1. The number of anilines is 1. The molecule has 1 aromatic rings. The van der Waals surface area contributed by atoms with Gasteiger partial charge >= 0.3 is 0 Å². The van der Waals surface area contributed by atoms with Gasteiger partial charge < -0.3 is 10.2 Å². The highest BCUT2D eigenvalue weighted by atomic mass is 15.2. The lowest BCUT2D eigenvalue weighted by Crippen LogP contribution is -2.47. The number of likely N-dealkylation sites (N-methyl/N-ethyl adjacent to an activating group) is 1. The fraction of sp³-hybridized carbons (Fsp3) is 0.600. The molecule has 1 aromatic heterocycles. The first-order valence-corrected chi connectivity index (χ1v) is 6.86. The first-order chi connectivity index (χ1) is 9.05. The zero-order valence-corrected chi connectivity index (χ0v) is 12.0. The Hall–Kier alpha value is -1.60. The molecule has 0 aromatic carbocycles. The van der Waals surface area contributed by atoms with Gasteiger partial charge in [0.25, 0.3) is 0 Å². The predicted molar refractivity (Wildman–Crippen MR) is 77.1 cm³/mol. The van der Waals surface area contributed by atoms with Crippen LogP contribution in [0.5, 0.6) is 0 Å². The Bertz CT molecular complexity index is 481. The molecular formula is C15H22N4. The summed E-state index contributed by atoms with van der Waals surface area (Å²) in [4.78, 5) is 6.78. The SMILES string of the molecule is Cc1cc(C#N)cc(NCC2(N(C)C)CCCC2)n1. The molecule has 19 heavy (non-hydrogen) atoms. The van der Waals surface area contributed by atoms with E-state index in [1.165, 1.54) is 25.7 Å². The highest BCUT2D eigenvalue weighted by molar-refractivity contribution is 5.44. The van der Waals surface area contributed by atoms with Crippen LogP contribution >= 0.6 is 0 Å². The van der Waals surface area contributed by atoms with Gasteiger partial charge in [-0.1, -0.05) is 12.8 Å². The number of aryl methyl sites for hydroxylation is 1. The van der Waals surface area contributed by atoms with E-state index in [4.69, 9.17) is 5.26 Å². The van der Waals surface area contributed by atoms with E-state index in [9.17, 15) is 0 Å². The molecule has 0 amide bonds. The smallest absolute Gasteiger partial charge is 0.127 e. The van der Waals surface area contributed by atoms with Crippen molar-refractivity contribution in [3.8, 4) is 6.07 Å². The summed E-state index contributed by atoms with van der Waals surface area (Å²) in [6.45, 7) is 2.81. The van der Waals surface area contributed by atoms with Gasteiger partial charge in [0.05, 0.1) is 11.6 Å². The highest BCUT2D eigenvalue weighted by Gasteiger charge is 2.35. The van der Waals surface area contributed by atoms with Crippen LogP contribution in [0.15, 0.2) is 12.1 Å². The molecule has 0 atom stereocenters. The zero-order chi connectivity index (χ0) is 13.9. The molecule has 1 aliphatic carbocycles. The fourth-order valence-electron chi connectivity index (χ4n) is 2.89. The largest absolute Gasteiger partial charge is 0.368 e. The second-order valence-corrected chi connectivity index (χ2v) is 5.67. The molecule has 102 valence electrons. The minimum Gasteiger partial charge on any atom is -0.368 e. The second kappa shape index (κ2) is 5.58. The lowest BCUT2D eigenvalue weighted by Gasteiger charge is -2.36. The maximum Gasteiger partial charge on any atom is 0.127 e. The number of nitrogens with zero attached hydrogens (tertiary/aromatic N) is 3. The van der Waals surface area contributed by atoms with E-state index < -0.39 is 0 Å². The average molecular weight is 258 g/mol. The summed E-state index contributed by atoms with van der Waals surface area (Å²) in [6, 6.07) is 5.81. The van der Waals surface area contributed by atoms with Crippen LogP contribution in [-0.2, 0) is 0 Å². The van der Waals surface area contributed by atoms with E-state index in [2.05, 4.69) is 35.4 Å². The second-order valence-electron chi connectivity index (χ2n) is 5.67. The Morgan fingerprint density at radius 1 is 1.37 bits per heavy atom. The van der Waals surface area contributed by atoms with Crippen LogP contribution < -0.4 is 5.32 Å². The maximum absolute atomic E-state index is 8.99. The first-order valence-electron chi connectivity index (χ1n) is 6.86. The third-order valence-electron chi connectivity index (χ3n) is 4.16. The van der Waals surface area contributed by atoms with E-state index in [0.717, 1.165) is 18.1 Å². The molecule has 4 heteroatoms. The molecular weight excluding hydrogens is 236 g/mol. The first kappa shape index (κ1) is 13.8. The van der Waals surface area contributed by atoms with Gasteiger partial charge in [0, 0.05) is 17.8 Å². The van der Waals surface area contributed by atoms with Gasteiger partial charge in [0.15, 0.2) is 0 Å². The van der Waals surface area contributed by atoms with Crippen molar-refractivity contribution in [2.45, 2.75) is 38.1 Å². The average Bonchev–Trinajstić information content (AvgIpc) is 2.86. The molecule has 0 bridgehead atoms. The van der Waals surface area contributed by atoms with Gasteiger partial charge in [-0.05, 0) is 46.0 Å². The van der Waals surface area contributed by atoms with Crippen molar-refractivity contribution in [1.82, 2.24) is 9.88 Å². The minimum atomic E-state index is 0.234.